The number of hydrogen-bond donors (Lipinski definition) is 0. The summed E-state index contributed by atoms with van der Waals surface area (Å²) in [6.45, 7) is 8.77. The monoisotopic (exact) mass is 380 g/mol. The van der Waals surface area contributed by atoms with Crippen LogP contribution in [0.25, 0.3) is 0 Å². The van der Waals surface area contributed by atoms with E-state index in [1.54, 1.807) is 11.8 Å². The van der Waals surface area contributed by atoms with E-state index in [9.17, 15) is 4.79 Å². The summed E-state index contributed by atoms with van der Waals surface area (Å²) in [6.07, 6.45) is -0.429. The van der Waals surface area contributed by atoms with Gasteiger partial charge in [0.05, 0.1) is 19.1 Å². The van der Waals surface area contributed by atoms with Crippen LogP contribution in [0.2, 0.25) is 0 Å². The molecule has 0 aliphatic heterocycles. The van der Waals surface area contributed by atoms with Gasteiger partial charge in [-0.2, -0.15) is 5.26 Å². The molecule has 148 valence electrons. The normalized spacial score (nSPS) is 11.6. The van der Waals surface area contributed by atoms with Crippen molar-refractivity contribution in [3.63, 3.8) is 0 Å². The van der Waals surface area contributed by atoms with Gasteiger partial charge in [0.1, 0.15) is 11.5 Å². The number of rotatable bonds is 9. The van der Waals surface area contributed by atoms with Crippen LogP contribution in [0.15, 0.2) is 48.5 Å². The molecule has 2 rings (SSSR count). The van der Waals surface area contributed by atoms with Gasteiger partial charge in [-0.05, 0) is 61.7 Å². The number of carbonyl (C=O) groups excluding carboxylic acids is 1. The van der Waals surface area contributed by atoms with Crippen LogP contribution in [0.3, 0.4) is 0 Å². The minimum absolute atomic E-state index is 0.186. The van der Waals surface area contributed by atoms with Gasteiger partial charge < -0.3 is 14.4 Å². The maximum atomic E-state index is 13.0. The van der Waals surface area contributed by atoms with Gasteiger partial charge in [0.15, 0.2) is 6.10 Å². The van der Waals surface area contributed by atoms with Crippen molar-refractivity contribution in [2.75, 3.05) is 18.1 Å². The van der Waals surface area contributed by atoms with Crippen molar-refractivity contribution in [1.82, 2.24) is 0 Å². The van der Waals surface area contributed by atoms with Crippen LogP contribution in [-0.2, 0) is 4.79 Å². The highest BCUT2D eigenvalue weighted by Gasteiger charge is 2.23. The molecule has 28 heavy (non-hydrogen) atoms. The Kier molecular flexibility index (Phi) is 7.88. The lowest BCUT2D eigenvalue weighted by atomic mass is 10.0. The molecule has 0 heterocycles. The molecule has 0 bridgehead atoms. The van der Waals surface area contributed by atoms with Crippen LogP contribution in [0, 0.1) is 11.3 Å². The second-order valence-corrected chi connectivity index (χ2v) is 6.81. The van der Waals surface area contributed by atoms with Crippen molar-refractivity contribution in [2.24, 2.45) is 0 Å². The van der Waals surface area contributed by atoms with Crippen molar-refractivity contribution in [3.8, 4) is 17.6 Å². The van der Waals surface area contributed by atoms with Crippen LogP contribution in [0.4, 0.5) is 5.69 Å². The molecule has 0 aliphatic rings. The Labute approximate surface area is 167 Å². The highest BCUT2D eigenvalue weighted by Crippen LogP contribution is 2.24. The third-order valence-electron chi connectivity index (χ3n) is 4.36. The molecule has 0 spiro atoms. The fourth-order valence-corrected chi connectivity index (χ4v) is 2.84. The fourth-order valence-electron chi connectivity index (χ4n) is 2.84. The quantitative estimate of drug-likeness (QED) is 0.619. The first-order valence-electron chi connectivity index (χ1n) is 9.64. The van der Waals surface area contributed by atoms with Crippen LogP contribution < -0.4 is 14.4 Å². The topological polar surface area (TPSA) is 62.6 Å². The summed E-state index contributed by atoms with van der Waals surface area (Å²) in [4.78, 5) is 14.6. The summed E-state index contributed by atoms with van der Waals surface area (Å²) in [5.41, 5.74) is 1.88. The van der Waals surface area contributed by atoms with Crippen molar-refractivity contribution in [1.29, 1.82) is 5.26 Å². The first-order valence-corrected chi connectivity index (χ1v) is 9.64. The van der Waals surface area contributed by atoms with Gasteiger partial charge >= 0.3 is 0 Å². The number of carbonyl (C=O) groups is 1. The molecule has 0 radical (unpaired) electrons. The largest absolute Gasteiger partial charge is 0.494 e. The molecule has 0 saturated carbocycles. The molecule has 0 N–H and O–H groups in total. The highest BCUT2D eigenvalue weighted by atomic mass is 16.5. The molecule has 0 aliphatic carbocycles. The van der Waals surface area contributed by atoms with E-state index in [4.69, 9.17) is 14.7 Å². The molecular weight excluding hydrogens is 352 g/mol. The summed E-state index contributed by atoms with van der Waals surface area (Å²) < 4.78 is 11.4. The lowest BCUT2D eigenvalue weighted by molar-refractivity contribution is -0.124. The Bertz CT molecular complexity index is 809. The van der Waals surface area contributed by atoms with Gasteiger partial charge in [0, 0.05) is 12.2 Å². The second kappa shape index (κ2) is 10.4. The first kappa shape index (κ1) is 21.3. The van der Waals surface area contributed by atoms with Gasteiger partial charge in [0.25, 0.3) is 5.91 Å². The van der Waals surface area contributed by atoms with Crippen molar-refractivity contribution < 1.29 is 14.3 Å². The zero-order chi connectivity index (χ0) is 20.5. The zero-order valence-electron chi connectivity index (χ0n) is 17.0. The summed E-state index contributed by atoms with van der Waals surface area (Å²) in [5.74, 6) is 1.60. The Balaban J connectivity index is 2.17. The summed E-state index contributed by atoms with van der Waals surface area (Å²) in [7, 11) is 0. The van der Waals surface area contributed by atoms with Crippen molar-refractivity contribution >= 4 is 11.6 Å². The number of ether oxygens (including phenoxy) is 2. The van der Waals surface area contributed by atoms with Gasteiger partial charge in [0.2, 0.25) is 0 Å². The van der Waals surface area contributed by atoms with E-state index in [2.05, 4.69) is 19.9 Å². The number of hydrogen-bond acceptors (Lipinski definition) is 4. The molecule has 0 aromatic heterocycles. The van der Waals surface area contributed by atoms with E-state index in [0.29, 0.717) is 24.8 Å². The lowest BCUT2D eigenvalue weighted by Crippen LogP contribution is -2.41. The second-order valence-electron chi connectivity index (χ2n) is 6.81. The molecule has 2 aromatic rings. The van der Waals surface area contributed by atoms with Crippen LogP contribution in [0.5, 0.6) is 11.5 Å². The number of anilines is 1. The summed E-state index contributed by atoms with van der Waals surface area (Å²) in [5, 5.41) is 8.98. The van der Waals surface area contributed by atoms with E-state index in [1.165, 1.54) is 0 Å². The third kappa shape index (κ3) is 5.75. The molecule has 5 nitrogen and oxygen atoms in total. The maximum Gasteiger partial charge on any atom is 0.267 e. The molecule has 2 aromatic carbocycles. The van der Waals surface area contributed by atoms with Crippen molar-refractivity contribution in [2.45, 2.75) is 46.1 Å². The van der Waals surface area contributed by atoms with E-state index in [-0.39, 0.29) is 12.3 Å². The predicted molar refractivity (Wildman–Crippen MR) is 111 cm³/mol. The van der Waals surface area contributed by atoms with Gasteiger partial charge in [-0.3, -0.25) is 4.79 Å². The Morgan fingerprint density at radius 1 is 1.11 bits per heavy atom. The standard InChI is InChI=1S/C23H28N2O3/c1-5-27-21-12-10-20(11-13-21)25(15-7-14-24)23(26)18(4)28-22-9-6-8-19(16-22)17(2)3/h6,8-13,16-18H,5,7,15H2,1-4H3. The SMILES string of the molecule is CCOc1ccc(N(CCC#N)C(=O)C(C)Oc2cccc(C(C)C)c2)cc1. The van der Waals surface area contributed by atoms with E-state index in [0.717, 1.165) is 17.0 Å². The van der Waals surface area contributed by atoms with Crippen molar-refractivity contribution in [3.05, 3.63) is 54.1 Å². The predicted octanol–water partition coefficient (Wildman–Crippen LogP) is 4.92. The molecule has 0 saturated heterocycles. The third-order valence-corrected chi connectivity index (χ3v) is 4.36. The summed E-state index contributed by atoms with van der Waals surface area (Å²) >= 11 is 0. The number of nitriles is 1. The van der Waals surface area contributed by atoms with E-state index in [1.807, 2.05) is 55.5 Å². The Morgan fingerprint density at radius 2 is 1.82 bits per heavy atom. The van der Waals surface area contributed by atoms with E-state index >= 15 is 0 Å². The van der Waals surface area contributed by atoms with E-state index < -0.39 is 6.10 Å². The average Bonchev–Trinajstić information content (AvgIpc) is 2.69. The minimum Gasteiger partial charge on any atom is -0.494 e. The fraction of sp³-hybridized carbons (Fsp3) is 0.391. The van der Waals surface area contributed by atoms with Crippen LogP contribution >= 0.6 is 0 Å². The smallest absolute Gasteiger partial charge is 0.267 e. The van der Waals surface area contributed by atoms with Crippen LogP contribution in [-0.4, -0.2) is 25.2 Å². The molecule has 1 amide bonds. The average molecular weight is 380 g/mol. The van der Waals surface area contributed by atoms with Gasteiger partial charge in [-0.25, -0.2) is 0 Å². The zero-order valence-corrected chi connectivity index (χ0v) is 17.0. The van der Waals surface area contributed by atoms with Crippen LogP contribution in [0.1, 0.15) is 45.6 Å². The molecule has 5 heteroatoms. The Morgan fingerprint density at radius 3 is 2.43 bits per heavy atom. The van der Waals surface area contributed by atoms with Gasteiger partial charge in [-0.15, -0.1) is 0 Å². The Hall–Kier alpha value is -3.00. The molecular formula is C23H28N2O3. The number of amides is 1. The lowest BCUT2D eigenvalue weighted by Gasteiger charge is -2.26. The molecule has 0 fully saturated rings. The highest BCUT2D eigenvalue weighted by molar-refractivity contribution is 5.96. The molecule has 1 atom stereocenters. The number of nitrogens with zero attached hydrogens (tertiary/aromatic N) is 2. The minimum atomic E-state index is -0.673. The van der Waals surface area contributed by atoms with Gasteiger partial charge in [-0.1, -0.05) is 26.0 Å². The molecule has 1 unspecified atom stereocenters. The first-order chi connectivity index (χ1) is 13.5. The maximum absolute atomic E-state index is 13.0. The number of benzene rings is 2. The summed E-state index contributed by atoms with van der Waals surface area (Å²) in [6, 6.07) is 17.2.